The number of carbonyl (C=O) groups excluding carboxylic acids is 1. The molecule has 2 fully saturated rings. The number of aliphatic hydroxyl groups excluding tert-OH is 7. The quantitative estimate of drug-likeness (QED) is 0.205. The number of aliphatic hydroxyl groups is 7. The van der Waals surface area contributed by atoms with Crippen LogP contribution in [-0.2, 0) is 28.5 Å². The molecule has 31 heavy (non-hydrogen) atoms. The van der Waals surface area contributed by atoms with Crippen molar-refractivity contribution in [1.82, 2.24) is 0 Å². The summed E-state index contributed by atoms with van der Waals surface area (Å²) in [5.74, 6) is -0.500. The Morgan fingerprint density at radius 2 is 1.42 bits per heavy atom. The van der Waals surface area contributed by atoms with Gasteiger partial charge in [-0.05, 0) is 13.8 Å². The summed E-state index contributed by atoms with van der Waals surface area (Å²) in [4.78, 5) is 12.1. The fraction of sp³-hybridized carbons (Fsp3) is 0.833. The summed E-state index contributed by atoms with van der Waals surface area (Å²) >= 11 is 0. The molecule has 0 aromatic rings. The second kappa shape index (κ2) is 9.62. The second-order valence-corrected chi connectivity index (χ2v) is 7.63. The minimum absolute atomic E-state index is 0.169. The van der Waals surface area contributed by atoms with E-state index in [0.29, 0.717) is 0 Å². The first-order chi connectivity index (χ1) is 14.6. The summed E-state index contributed by atoms with van der Waals surface area (Å²) in [6, 6.07) is 0. The predicted molar refractivity (Wildman–Crippen MR) is 95.7 cm³/mol. The molecule has 0 spiro atoms. The molecule has 3 aliphatic rings. The van der Waals surface area contributed by atoms with Gasteiger partial charge in [-0.1, -0.05) is 0 Å². The monoisotopic (exact) mass is 452 g/mol. The Labute approximate surface area is 177 Å². The van der Waals surface area contributed by atoms with Gasteiger partial charge in [0.15, 0.2) is 12.4 Å². The molecule has 0 radical (unpaired) electrons. The number of Topliss-reactive ketones (excluding diaryl/α,β-unsaturated/α-hetero) is 1. The van der Waals surface area contributed by atoms with E-state index in [-0.39, 0.29) is 11.5 Å². The highest BCUT2D eigenvalue weighted by molar-refractivity contribution is 5.99. The number of hydrogen-bond donors (Lipinski definition) is 7. The predicted octanol–water partition coefficient (Wildman–Crippen LogP) is -4.15. The highest BCUT2D eigenvalue weighted by Gasteiger charge is 2.51. The van der Waals surface area contributed by atoms with Crippen LogP contribution in [0.5, 0.6) is 0 Å². The van der Waals surface area contributed by atoms with Crippen LogP contribution in [0.2, 0.25) is 0 Å². The molecule has 3 rings (SSSR count). The summed E-state index contributed by atoms with van der Waals surface area (Å²) in [5.41, 5.74) is 0. The first-order valence-electron chi connectivity index (χ1n) is 9.77. The lowest BCUT2D eigenvalue weighted by Gasteiger charge is -2.45. The zero-order chi connectivity index (χ0) is 23.0. The van der Waals surface area contributed by atoms with Gasteiger partial charge in [-0.2, -0.15) is 0 Å². The van der Waals surface area contributed by atoms with Crippen LogP contribution in [0, 0.1) is 0 Å². The van der Waals surface area contributed by atoms with Crippen LogP contribution in [0.15, 0.2) is 11.5 Å². The van der Waals surface area contributed by atoms with Gasteiger partial charge in [0.2, 0.25) is 17.8 Å². The van der Waals surface area contributed by atoms with Crippen molar-refractivity contribution in [3.8, 4) is 0 Å². The molecule has 2 saturated heterocycles. The molecule has 0 aliphatic carbocycles. The van der Waals surface area contributed by atoms with Gasteiger partial charge in [-0.15, -0.1) is 0 Å². The van der Waals surface area contributed by atoms with Crippen molar-refractivity contribution >= 4 is 5.78 Å². The van der Waals surface area contributed by atoms with E-state index in [1.54, 1.807) is 0 Å². The maximum absolute atomic E-state index is 12.1. The summed E-state index contributed by atoms with van der Waals surface area (Å²) in [7, 11) is 0. The van der Waals surface area contributed by atoms with Crippen molar-refractivity contribution < 1.29 is 64.2 Å². The number of rotatable bonds is 6. The number of allylic oxidation sites excluding steroid dienone is 1. The molecule has 1 unspecified atom stereocenters. The molecule has 178 valence electrons. The Morgan fingerprint density at radius 1 is 0.839 bits per heavy atom. The Hall–Kier alpha value is -1.39. The van der Waals surface area contributed by atoms with Gasteiger partial charge in [0.25, 0.3) is 0 Å². The van der Waals surface area contributed by atoms with Crippen molar-refractivity contribution in [2.24, 2.45) is 0 Å². The number of hydrogen-bond acceptors (Lipinski definition) is 13. The third-order valence-corrected chi connectivity index (χ3v) is 5.46. The molecule has 13 heteroatoms. The van der Waals surface area contributed by atoms with E-state index >= 15 is 0 Å². The van der Waals surface area contributed by atoms with Crippen molar-refractivity contribution in [2.75, 3.05) is 13.2 Å². The lowest BCUT2D eigenvalue weighted by molar-refractivity contribution is -0.356. The first-order valence-corrected chi connectivity index (χ1v) is 9.77. The summed E-state index contributed by atoms with van der Waals surface area (Å²) in [6.07, 6.45) is -16.6. The fourth-order valence-electron chi connectivity index (χ4n) is 3.64. The molecule has 0 amide bonds. The summed E-state index contributed by atoms with van der Waals surface area (Å²) in [6.45, 7) is 1.58. The zero-order valence-corrected chi connectivity index (χ0v) is 16.8. The third-order valence-electron chi connectivity index (χ3n) is 5.46. The molecule has 3 aliphatic heterocycles. The van der Waals surface area contributed by atoms with Crippen molar-refractivity contribution in [3.63, 3.8) is 0 Å². The normalized spacial score (nSPS) is 46.2. The highest BCUT2D eigenvalue weighted by atomic mass is 16.7. The van der Waals surface area contributed by atoms with Gasteiger partial charge >= 0.3 is 0 Å². The van der Waals surface area contributed by atoms with Crippen molar-refractivity contribution in [3.05, 3.63) is 11.5 Å². The fourth-order valence-corrected chi connectivity index (χ4v) is 3.64. The Morgan fingerprint density at radius 3 is 1.97 bits per heavy atom. The van der Waals surface area contributed by atoms with Gasteiger partial charge in [0, 0.05) is 0 Å². The van der Waals surface area contributed by atoms with Crippen LogP contribution in [0.3, 0.4) is 0 Å². The molecule has 3 heterocycles. The molecule has 11 atom stereocenters. The van der Waals surface area contributed by atoms with Gasteiger partial charge in [0.05, 0.1) is 13.2 Å². The van der Waals surface area contributed by atoms with Crippen LogP contribution in [0.4, 0.5) is 0 Å². The number of carbonyl (C=O) groups is 1. The standard InChI is InChI=1S/C18H28O13/c1-5-9(21)15(6(2)27-5)30-18-14(26)12(24)16(8(4-20)29-18)31-17-13(25)11(23)10(22)7(3-19)28-17/h5,7-8,10-14,16-20,22-26H,3-4H2,1-2H3/t5?,7-,8-,10-,11+,12-,13-,14-,16-,17-,18+/m1/s1. The van der Waals surface area contributed by atoms with E-state index in [2.05, 4.69) is 0 Å². The van der Waals surface area contributed by atoms with E-state index < -0.39 is 86.5 Å². The average Bonchev–Trinajstić information content (AvgIpc) is 2.98. The Kier molecular flexibility index (Phi) is 7.53. The smallest absolute Gasteiger partial charge is 0.241 e. The van der Waals surface area contributed by atoms with Crippen molar-refractivity contribution in [2.45, 2.75) is 81.4 Å². The third kappa shape index (κ3) is 4.57. The molecular weight excluding hydrogens is 424 g/mol. The minimum Gasteiger partial charge on any atom is -0.483 e. The molecule has 0 aromatic heterocycles. The Balaban J connectivity index is 1.72. The van der Waals surface area contributed by atoms with Crippen molar-refractivity contribution in [1.29, 1.82) is 0 Å². The van der Waals surface area contributed by atoms with Crippen LogP contribution in [-0.4, -0.2) is 122 Å². The first kappa shape index (κ1) is 24.3. The van der Waals surface area contributed by atoms with E-state index in [1.165, 1.54) is 13.8 Å². The average molecular weight is 452 g/mol. The lowest BCUT2D eigenvalue weighted by Crippen LogP contribution is -2.64. The molecular formula is C18H28O13. The lowest BCUT2D eigenvalue weighted by atomic mass is 9.97. The molecule has 0 saturated carbocycles. The van der Waals surface area contributed by atoms with Gasteiger partial charge < -0.3 is 59.4 Å². The Bertz CT molecular complexity index is 679. The van der Waals surface area contributed by atoms with Crippen LogP contribution in [0.25, 0.3) is 0 Å². The van der Waals surface area contributed by atoms with E-state index in [9.17, 15) is 40.5 Å². The van der Waals surface area contributed by atoms with Crippen LogP contribution in [0.1, 0.15) is 13.8 Å². The van der Waals surface area contributed by atoms with Crippen LogP contribution < -0.4 is 0 Å². The maximum Gasteiger partial charge on any atom is 0.241 e. The van der Waals surface area contributed by atoms with Crippen LogP contribution >= 0.6 is 0 Å². The largest absolute Gasteiger partial charge is 0.483 e. The highest BCUT2D eigenvalue weighted by Crippen LogP contribution is 2.32. The SMILES string of the molecule is CC1=C(O[C@@H]2O[C@H](CO)[C@@H](O[C@H]3O[C@H](CO)[C@@H](O)[C@H](O)[C@H]3O)[C@H](O)[C@H]2O)C(=O)C(C)O1. The second-order valence-electron chi connectivity index (χ2n) is 7.63. The molecule has 0 aromatic carbocycles. The van der Waals surface area contributed by atoms with E-state index in [0.717, 1.165) is 0 Å². The summed E-state index contributed by atoms with van der Waals surface area (Å²) in [5, 5.41) is 69.8. The zero-order valence-electron chi connectivity index (χ0n) is 16.8. The molecule has 0 bridgehead atoms. The maximum atomic E-state index is 12.1. The topological polar surface area (TPSA) is 205 Å². The van der Waals surface area contributed by atoms with Gasteiger partial charge in [-0.25, -0.2) is 0 Å². The van der Waals surface area contributed by atoms with E-state index in [4.69, 9.17) is 23.7 Å². The number of ether oxygens (including phenoxy) is 5. The minimum atomic E-state index is -1.77. The molecule has 7 N–H and O–H groups in total. The van der Waals surface area contributed by atoms with Gasteiger partial charge in [-0.3, -0.25) is 4.79 Å². The van der Waals surface area contributed by atoms with E-state index in [1.807, 2.05) is 0 Å². The van der Waals surface area contributed by atoms with Gasteiger partial charge in [0.1, 0.15) is 54.6 Å². The summed E-state index contributed by atoms with van der Waals surface area (Å²) < 4.78 is 26.8. The molecule has 13 nitrogen and oxygen atoms in total. The number of ketones is 1.